The normalized spacial score (nSPS) is 16.1. The molecule has 6 nitrogen and oxygen atoms in total. The van der Waals surface area contributed by atoms with E-state index in [9.17, 15) is 9.59 Å². The molecule has 100 valence electrons. The van der Waals surface area contributed by atoms with Crippen LogP contribution in [0.2, 0.25) is 0 Å². The molecule has 1 aliphatic rings. The van der Waals surface area contributed by atoms with Crippen LogP contribution in [0.4, 0.5) is 0 Å². The van der Waals surface area contributed by atoms with Crippen molar-refractivity contribution in [1.82, 2.24) is 15.5 Å². The number of carbonyl (C=O) groups is 2. The lowest BCUT2D eigenvalue weighted by atomic mass is 10.3. The van der Waals surface area contributed by atoms with Crippen molar-refractivity contribution in [2.45, 2.75) is 32.2 Å². The minimum atomic E-state index is -0.343. The summed E-state index contributed by atoms with van der Waals surface area (Å²) in [5.41, 5.74) is 0. The third kappa shape index (κ3) is 4.72. The highest BCUT2D eigenvalue weighted by Gasteiger charge is 2.23. The Bertz CT molecular complexity index is 331. The van der Waals surface area contributed by atoms with Gasteiger partial charge in [0.05, 0.1) is 25.1 Å². The number of nitrogens with one attached hydrogen (secondary N) is 2. The van der Waals surface area contributed by atoms with Gasteiger partial charge >= 0.3 is 0 Å². The fourth-order valence-electron chi connectivity index (χ4n) is 1.86. The summed E-state index contributed by atoms with van der Waals surface area (Å²) in [5, 5.41) is 13.8. The zero-order valence-electron chi connectivity index (χ0n) is 10.7. The summed E-state index contributed by atoms with van der Waals surface area (Å²) in [6.07, 6.45) is 2.42. The summed E-state index contributed by atoms with van der Waals surface area (Å²) >= 11 is 0. The first kappa shape index (κ1) is 14.5. The first-order valence-electron chi connectivity index (χ1n) is 6.31. The molecule has 6 heteroatoms. The highest BCUT2D eigenvalue weighted by atomic mass is 16.2. The summed E-state index contributed by atoms with van der Waals surface area (Å²) in [7, 11) is 0. The molecule has 2 N–H and O–H groups in total. The van der Waals surface area contributed by atoms with Crippen molar-refractivity contribution in [3.8, 4) is 6.07 Å². The third-order valence-electron chi connectivity index (χ3n) is 2.92. The molecule has 0 bridgehead atoms. The Morgan fingerprint density at radius 2 is 2.06 bits per heavy atom. The van der Waals surface area contributed by atoms with Gasteiger partial charge < -0.3 is 10.2 Å². The third-order valence-corrected chi connectivity index (χ3v) is 2.92. The molecular weight excluding hydrogens is 232 g/mol. The molecule has 1 fully saturated rings. The molecule has 0 spiro atoms. The summed E-state index contributed by atoms with van der Waals surface area (Å²) in [4.78, 5) is 25.1. The van der Waals surface area contributed by atoms with Gasteiger partial charge in [0.2, 0.25) is 11.8 Å². The van der Waals surface area contributed by atoms with Gasteiger partial charge in [-0.05, 0) is 19.8 Å². The van der Waals surface area contributed by atoms with Crippen LogP contribution in [0.25, 0.3) is 0 Å². The number of carbonyl (C=O) groups excluding carboxylic acids is 2. The van der Waals surface area contributed by atoms with Crippen molar-refractivity contribution >= 4 is 11.8 Å². The van der Waals surface area contributed by atoms with E-state index in [0.29, 0.717) is 13.0 Å². The molecule has 1 aliphatic heterocycles. The Morgan fingerprint density at radius 3 is 2.67 bits per heavy atom. The summed E-state index contributed by atoms with van der Waals surface area (Å²) < 4.78 is 0. The van der Waals surface area contributed by atoms with Gasteiger partial charge in [0, 0.05) is 19.6 Å². The number of likely N-dealkylation sites (tertiary alicyclic amines) is 1. The molecule has 18 heavy (non-hydrogen) atoms. The van der Waals surface area contributed by atoms with E-state index in [4.69, 9.17) is 5.26 Å². The second-order valence-electron chi connectivity index (χ2n) is 4.39. The van der Waals surface area contributed by atoms with Crippen molar-refractivity contribution in [3.05, 3.63) is 0 Å². The Hall–Kier alpha value is -1.61. The van der Waals surface area contributed by atoms with Gasteiger partial charge in [-0.15, -0.1) is 0 Å². The van der Waals surface area contributed by atoms with Crippen LogP contribution in [0.3, 0.4) is 0 Å². The van der Waals surface area contributed by atoms with Gasteiger partial charge in [-0.25, -0.2) is 0 Å². The van der Waals surface area contributed by atoms with Crippen molar-refractivity contribution in [1.29, 1.82) is 5.26 Å². The molecule has 0 aliphatic carbocycles. The van der Waals surface area contributed by atoms with Crippen LogP contribution >= 0.6 is 0 Å². The van der Waals surface area contributed by atoms with E-state index in [1.54, 1.807) is 6.92 Å². The second-order valence-corrected chi connectivity index (χ2v) is 4.39. The molecule has 1 atom stereocenters. The molecule has 1 unspecified atom stereocenters. The van der Waals surface area contributed by atoms with E-state index in [0.717, 1.165) is 25.9 Å². The lowest BCUT2D eigenvalue weighted by Gasteiger charge is -2.20. The van der Waals surface area contributed by atoms with Crippen LogP contribution in [0, 0.1) is 11.3 Å². The van der Waals surface area contributed by atoms with E-state index in [1.807, 2.05) is 11.0 Å². The van der Waals surface area contributed by atoms with E-state index in [2.05, 4.69) is 10.6 Å². The molecule has 1 heterocycles. The number of rotatable bonds is 6. The van der Waals surface area contributed by atoms with Crippen LogP contribution in [-0.4, -0.2) is 48.9 Å². The number of amides is 2. The maximum atomic E-state index is 11.9. The molecular formula is C12H20N4O2. The van der Waals surface area contributed by atoms with Gasteiger partial charge in [0.25, 0.3) is 0 Å². The number of nitrogens with zero attached hydrogens (tertiary/aromatic N) is 2. The van der Waals surface area contributed by atoms with Gasteiger partial charge in [-0.2, -0.15) is 5.26 Å². The lowest BCUT2D eigenvalue weighted by molar-refractivity contribution is -0.132. The Kier molecular flexibility index (Phi) is 6.15. The zero-order valence-corrected chi connectivity index (χ0v) is 10.7. The molecule has 1 saturated heterocycles. The topological polar surface area (TPSA) is 85.2 Å². The molecule has 0 aromatic heterocycles. The SMILES string of the molecule is CC(NCC(=O)NCCC#N)C(=O)N1CCCC1. The first-order valence-corrected chi connectivity index (χ1v) is 6.31. The van der Waals surface area contributed by atoms with Crippen molar-refractivity contribution in [3.63, 3.8) is 0 Å². The Labute approximate surface area is 107 Å². The predicted octanol–water partition coefficient (Wildman–Crippen LogP) is -0.383. The lowest BCUT2D eigenvalue weighted by Crippen LogP contribution is -2.47. The summed E-state index contributed by atoms with van der Waals surface area (Å²) in [5.74, 6) is -0.136. The fraction of sp³-hybridized carbons (Fsp3) is 0.750. The molecule has 1 rings (SSSR count). The molecule has 0 aromatic carbocycles. The molecule has 0 radical (unpaired) electrons. The largest absolute Gasteiger partial charge is 0.354 e. The maximum Gasteiger partial charge on any atom is 0.239 e. The first-order chi connectivity index (χ1) is 8.65. The van der Waals surface area contributed by atoms with Crippen LogP contribution in [0.1, 0.15) is 26.2 Å². The predicted molar refractivity (Wildman–Crippen MR) is 66.5 cm³/mol. The standard InChI is InChI=1S/C12H20N4O2/c1-10(12(18)16-7-2-3-8-16)15-9-11(17)14-6-4-5-13/h10,15H,2-4,6-9H2,1H3,(H,14,17). The highest BCUT2D eigenvalue weighted by Crippen LogP contribution is 2.08. The Morgan fingerprint density at radius 1 is 1.39 bits per heavy atom. The van der Waals surface area contributed by atoms with Crippen molar-refractivity contribution in [2.24, 2.45) is 0 Å². The van der Waals surface area contributed by atoms with Crippen LogP contribution < -0.4 is 10.6 Å². The van der Waals surface area contributed by atoms with Crippen molar-refractivity contribution < 1.29 is 9.59 Å². The van der Waals surface area contributed by atoms with Gasteiger partial charge in [0.15, 0.2) is 0 Å². The minimum absolute atomic E-state index is 0.0531. The van der Waals surface area contributed by atoms with E-state index >= 15 is 0 Å². The van der Waals surface area contributed by atoms with Gasteiger partial charge in [-0.3, -0.25) is 14.9 Å². The van der Waals surface area contributed by atoms with Gasteiger partial charge in [-0.1, -0.05) is 0 Å². The minimum Gasteiger partial charge on any atom is -0.354 e. The average molecular weight is 252 g/mol. The van der Waals surface area contributed by atoms with Crippen LogP contribution in [-0.2, 0) is 9.59 Å². The van der Waals surface area contributed by atoms with Crippen molar-refractivity contribution in [2.75, 3.05) is 26.2 Å². The maximum absolute atomic E-state index is 11.9. The van der Waals surface area contributed by atoms with Crippen LogP contribution in [0.15, 0.2) is 0 Å². The average Bonchev–Trinajstić information content (AvgIpc) is 2.89. The van der Waals surface area contributed by atoms with E-state index in [1.165, 1.54) is 0 Å². The van der Waals surface area contributed by atoms with E-state index in [-0.39, 0.29) is 24.4 Å². The molecule has 0 saturated carbocycles. The smallest absolute Gasteiger partial charge is 0.239 e. The number of nitriles is 1. The quantitative estimate of drug-likeness (QED) is 0.631. The number of hydrogen-bond acceptors (Lipinski definition) is 4. The summed E-state index contributed by atoms with van der Waals surface area (Å²) in [6.45, 7) is 3.86. The second kappa shape index (κ2) is 7.67. The van der Waals surface area contributed by atoms with Gasteiger partial charge in [0.1, 0.15) is 0 Å². The zero-order chi connectivity index (χ0) is 13.4. The fourth-order valence-corrected chi connectivity index (χ4v) is 1.86. The van der Waals surface area contributed by atoms with E-state index < -0.39 is 0 Å². The molecule has 0 aromatic rings. The molecule has 2 amide bonds. The number of hydrogen-bond donors (Lipinski definition) is 2. The van der Waals surface area contributed by atoms with Crippen LogP contribution in [0.5, 0.6) is 0 Å². The Balaban J connectivity index is 2.19. The summed E-state index contributed by atoms with van der Waals surface area (Å²) in [6, 6.07) is 1.60. The monoisotopic (exact) mass is 252 g/mol. The highest BCUT2D eigenvalue weighted by molar-refractivity contribution is 5.83.